The maximum absolute atomic E-state index is 12.5. The first kappa shape index (κ1) is 26.0. The van der Waals surface area contributed by atoms with Gasteiger partial charge in [0.2, 0.25) is 5.91 Å². The van der Waals surface area contributed by atoms with E-state index in [0.717, 1.165) is 17.3 Å². The summed E-state index contributed by atoms with van der Waals surface area (Å²) in [5, 5.41) is 11.9. The monoisotopic (exact) mass is 518 g/mol. The number of anilines is 1. The number of halogens is 1. The van der Waals surface area contributed by atoms with Crippen LogP contribution in [-0.4, -0.2) is 52.6 Å². The van der Waals surface area contributed by atoms with E-state index in [-0.39, 0.29) is 35.1 Å². The van der Waals surface area contributed by atoms with Crippen LogP contribution in [0.15, 0.2) is 41.6 Å². The Kier molecular flexibility index (Phi) is 8.72. The van der Waals surface area contributed by atoms with Crippen molar-refractivity contribution in [1.82, 2.24) is 14.8 Å². The van der Waals surface area contributed by atoms with E-state index in [2.05, 4.69) is 15.5 Å². The second-order valence-electron chi connectivity index (χ2n) is 7.30. The average Bonchev–Trinajstić information content (AvgIpc) is 3.21. The zero-order valence-corrected chi connectivity index (χ0v) is 21.0. The third kappa shape index (κ3) is 6.74. The average molecular weight is 519 g/mol. The first-order chi connectivity index (χ1) is 16.7. The zero-order chi connectivity index (χ0) is 25.5. The lowest BCUT2D eigenvalue weighted by Gasteiger charge is -2.10. The number of hydrogen-bond acceptors (Lipinski definition) is 9. The fraction of sp³-hybridized carbons (Fsp3) is 0.261. The van der Waals surface area contributed by atoms with E-state index in [1.165, 1.54) is 32.4 Å². The number of amides is 1. The number of aromatic nitrogens is 3. The van der Waals surface area contributed by atoms with Crippen LogP contribution in [0, 0.1) is 6.92 Å². The summed E-state index contributed by atoms with van der Waals surface area (Å²) >= 11 is 7.33. The number of thioether (sulfide) groups is 1. The van der Waals surface area contributed by atoms with Gasteiger partial charge >= 0.3 is 11.9 Å². The van der Waals surface area contributed by atoms with Crippen LogP contribution in [0.2, 0.25) is 5.02 Å². The molecule has 1 N–H and O–H groups in total. The summed E-state index contributed by atoms with van der Waals surface area (Å²) in [5.41, 5.74) is 1.47. The van der Waals surface area contributed by atoms with E-state index in [1.807, 2.05) is 19.1 Å². The maximum atomic E-state index is 12.5. The number of carbonyl (C=O) groups is 3. The molecule has 12 heteroatoms. The molecule has 0 radical (unpaired) electrons. The van der Waals surface area contributed by atoms with Gasteiger partial charge in [0, 0.05) is 12.7 Å². The van der Waals surface area contributed by atoms with Crippen LogP contribution in [0.4, 0.5) is 5.69 Å². The normalized spacial score (nSPS) is 10.5. The van der Waals surface area contributed by atoms with E-state index in [4.69, 9.17) is 25.8 Å². The predicted molar refractivity (Wildman–Crippen MR) is 130 cm³/mol. The minimum atomic E-state index is -0.651. The van der Waals surface area contributed by atoms with Gasteiger partial charge in [0.15, 0.2) is 11.0 Å². The summed E-state index contributed by atoms with van der Waals surface area (Å²) in [4.78, 5) is 36.4. The Labute approximate surface area is 210 Å². The molecule has 0 fully saturated rings. The van der Waals surface area contributed by atoms with Crippen molar-refractivity contribution in [2.45, 2.75) is 18.7 Å². The van der Waals surface area contributed by atoms with E-state index in [9.17, 15) is 14.4 Å². The van der Waals surface area contributed by atoms with Gasteiger partial charge in [0.05, 0.1) is 36.1 Å². The SMILES string of the molecule is COC(=O)c1cc(NC(=O)CSc2nnc(COc3cc(C)ccc3Cl)n2C)cc(C(=O)OC)c1. The van der Waals surface area contributed by atoms with Crippen LogP contribution < -0.4 is 10.1 Å². The molecule has 10 nitrogen and oxygen atoms in total. The van der Waals surface area contributed by atoms with Gasteiger partial charge in [-0.15, -0.1) is 10.2 Å². The second kappa shape index (κ2) is 11.7. The molecule has 184 valence electrons. The highest BCUT2D eigenvalue weighted by molar-refractivity contribution is 7.99. The molecular formula is C23H23ClN4O6S. The van der Waals surface area contributed by atoms with Gasteiger partial charge in [-0.3, -0.25) is 4.79 Å². The van der Waals surface area contributed by atoms with Gasteiger partial charge in [-0.05, 0) is 42.8 Å². The van der Waals surface area contributed by atoms with E-state index in [0.29, 0.717) is 21.8 Å². The molecule has 35 heavy (non-hydrogen) atoms. The summed E-state index contributed by atoms with van der Waals surface area (Å²) < 4.78 is 16.9. The lowest BCUT2D eigenvalue weighted by atomic mass is 10.1. The summed E-state index contributed by atoms with van der Waals surface area (Å²) in [6, 6.07) is 9.63. The predicted octanol–water partition coefficient (Wildman–Crippen LogP) is 3.66. The number of nitrogens with zero attached hydrogens (tertiary/aromatic N) is 3. The van der Waals surface area contributed by atoms with Gasteiger partial charge in [-0.1, -0.05) is 29.4 Å². The van der Waals surface area contributed by atoms with Crippen LogP contribution >= 0.6 is 23.4 Å². The summed E-state index contributed by atoms with van der Waals surface area (Å²) in [6.07, 6.45) is 0. The quantitative estimate of drug-likeness (QED) is 0.334. The number of nitrogens with one attached hydrogen (secondary N) is 1. The van der Waals surface area contributed by atoms with E-state index in [1.54, 1.807) is 17.7 Å². The molecule has 0 aliphatic rings. The van der Waals surface area contributed by atoms with Gasteiger partial charge in [-0.2, -0.15) is 0 Å². The molecule has 0 bridgehead atoms. The Morgan fingerprint density at radius 3 is 2.31 bits per heavy atom. The fourth-order valence-corrected chi connectivity index (χ4v) is 3.86. The van der Waals surface area contributed by atoms with Crippen molar-refractivity contribution >= 4 is 46.9 Å². The molecule has 0 spiro atoms. The molecular weight excluding hydrogens is 496 g/mol. The van der Waals surface area contributed by atoms with Gasteiger partial charge in [0.1, 0.15) is 12.4 Å². The lowest BCUT2D eigenvalue weighted by molar-refractivity contribution is -0.113. The minimum Gasteiger partial charge on any atom is -0.484 e. The van der Waals surface area contributed by atoms with Crippen molar-refractivity contribution in [3.63, 3.8) is 0 Å². The first-order valence-electron chi connectivity index (χ1n) is 10.2. The van der Waals surface area contributed by atoms with Gasteiger partial charge in [-0.25, -0.2) is 9.59 Å². The molecule has 1 amide bonds. The van der Waals surface area contributed by atoms with Gasteiger partial charge < -0.3 is 24.1 Å². The van der Waals surface area contributed by atoms with Crippen molar-refractivity contribution in [2.75, 3.05) is 25.3 Å². The molecule has 0 atom stereocenters. The molecule has 1 aromatic heterocycles. The molecule has 0 aliphatic heterocycles. The summed E-state index contributed by atoms with van der Waals surface area (Å²) in [7, 11) is 4.20. The Hall–Kier alpha value is -3.57. The number of aryl methyl sites for hydroxylation is 1. The van der Waals surface area contributed by atoms with Crippen molar-refractivity contribution in [3.05, 3.63) is 63.9 Å². The van der Waals surface area contributed by atoms with Crippen molar-refractivity contribution in [1.29, 1.82) is 0 Å². The van der Waals surface area contributed by atoms with Gasteiger partial charge in [0.25, 0.3) is 0 Å². The highest BCUT2D eigenvalue weighted by Gasteiger charge is 2.16. The molecule has 1 heterocycles. The first-order valence-corrected chi connectivity index (χ1v) is 11.6. The molecule has 0 saturated heterocycles. The lowest BCUT2D eigenvalue weighted by Crippen LogP contribution is -2.16. The molecule has 0 aliphatic carbocycles. The molecule has 3 rings (SSSR count). The van der Waals surface area contributed by atoms with E-state index >= 15 is 0 Å². The highest BCUT2D eigenvalue weighted by atomic mass is 35.5. The number of benzene rings is 2. The molecule has 0 unspecified atom stereocenters. The number of esters is 2. The second-order valence-corrected chi connectivity index (χ2v) is 8.65. The molecule has 3 aromatic rings. The topological polar surface area (TPSA) is 122 Å². The number of methoxy groups -OCH3 is 2. The molecule has 0 saturated carbocycles. The third-order valence-corrected chi connectivity index (χ3v) is 6.09. The minimum absolute atomic E-state index is 0.00650. The van der Waals surface area contributed by atoms with Crippen LogP contribution in [0.1, 0.15) is 32.1 Å². The number of hydrogen-bond donors (Lipinski definition) is 1. The number of ether oxygens (including phenoxy) is 3. The number of rotatable bonds is 9. The standard InChI is InChI=1S/C23H23ClN4O6S/c1-13-5-6-17(24)18(7-13)34-11-19-26-27-23(28(19)2)35-12-20(29)25-16-9-14(21(30)32-3)8-15(10-16)22(31)33-4/h5-10H,11-12H2,1-4H3,(H,25,29). The van der Waals surface area contributed by atoms with Crippen LogP contribution in [0.5, 0.6) is 5.75 Å². The van der Waals surface area contributed by atoms with Crippen molar-refractivity contribution in [2.24, 2.45) is 7.05 Å². The Morgan fingerprint density at radius 2 is 1.69 bits per heavy atom. The fourth-order valence-electron chi connectivity index (χ4n) is 2.96. The Morgan fingerprint density at radius 1 is 1.03 bits per heavy atom. The van der Waals surface area contributed by atoms with Crippen LogP contribution in [0.3, 0.4) is 0 Å². The molecule has 2 aromatic carbocycles. The zero-order valence-electron chi connectivity index (χ0n) is 19.5. The highest BCUT2D eigenvalue weighted by Crippen LogP contribution is 2.26. The maximum Gasteiger partial charge on any atom is 0.337 e. The van der Waals surface area contributed by atoms with Crippen LogP contribution in [-0.2, 0) is 27.9 Å². The summed E-state index contributed by atoms with van der Waals surface area (Å²) in [5.74, 6) is -0.572. The van der Waals surface area contributed by atoms with Crippen molar-refractivity contribution in [3.8, 4) is 5.75 Å². The Balaban J connectivity index is 1.63. The van der Waals surface area contributed by atoms with Crippen molar-refractivity contribution < 1.29 is 28.6 Å². The van der Waals surface area contributed by atoms with Crippen LogP contribution in [0.25, 0.3) is 0 Å². The third-order valence-electron chi connectivity index (χ3n) is 4.76. The van der Waals surface area contributed by atoms with E-state index < -0.39 is 11.9 Å². The summed E-state index contributed by atoms with van der Waals surface area (Å²) in [6.45, 7) is 2.09. The smallest absolute Gasteiger partial charge is 0.337 e. The number of carbonyl (C=O) groups excluding carboxylic acids is 3. The Bertz CT molecular complexity index is 1230. The largest absolute Gasteiger partial charge is 0.484 e.